The van der Waals surface area contributed by atoms with Crippen molar-refractivity contribution in [1.29, 1.82) is 0 Å². The Morgan fingerprint density at radius 2 is 1.24 bits per heavy atom. The van der Waals surface area contributed by atoms with Gasteiger partial charge in [-0.2, -0.15) is 39.5 Å². The van der Waals surface area contributed by atoms with Crippen molar-refractivity contribution in [1.82, 2.24) is 0 Å². The van der Waals surface area contributed by atoms with E-state index in [9.17, 15) is 44.6 Å². The highest BCUT2D eigenvalue weighted by Gasteiger charge is 2.56. The minimum Gasteiger partial charge on any atom is -0.364 e. The largest absolute Gasteiger partial charge is 0.436 e. The number of nitrogens with zero attached hydrogens (tertiary/aromatic N) is 1. The minimum absolute atomic E-state index is 0.133. The number of aliphatic hydroxyl groups is 1. The summed E-state index contributed by atoms with van der Waals surface area (Å²) in [4.78, 5) is 0.133. The molecule has 0 fully saturated rings. The topological polar surface area (TPSA) is 23.5 Å². The molecule has 0 saturated carbocycles. The van der Waals surface area contributed by atoms with Gasteiger partial charge in [-0.25, -0.2) is 0 Å². The maximum atomic E-state index is 14.1. The third-order valence-electron chi connectivity index (χ3n) is 5.37. The number of hydrogen-bond acceptors (Lipinski definition) is 2. The predicted molar refractivity (Wildman–Crippen MR) is 118 cm³/mol. The molecule has 0 spiro atoms. The van der Waals surface area contributed by atoms with E-state index in [0.29, 0.717) is 24.3 Å². The van der Waals surface area contributed by atoms with Crippen LogP contribution in [0.5, 0.6) is 0 Å². The monoisotopic (exact) mass is 531 g/mol. The van der Waals surface area contributed by atoms with Crippen LogP contribution in [-0.2, 0) is 12.4 Å². The number of anilines is 1. The molecular weight excluding hydrogens is 513 g/mol. The highest BCUT2D eigenvalue weighted by atomic mass is 19.4. The van der Waals surface area contributed by atoms with Gasteiger partial charge in [-0.05, 0) is 55.0 Å². The first-order valence-corrected chi connectivity index (χ1v) is 10.5. The van der Waals surface area contributed by atoms with Crippen LogP contribution in [-0.4, -0.2) is 17.0 Å². The summed E-state index contributed by atoms with van der Waals surface area (Å²) in [6.45, 7) is 0.290. The van der Waals surface area contributed by atoms with Crippen LogP contribution in [0.2, 0.25) is 0 Å². The molecule has 0 aliphatic rings. The van der Waals surface area contributed by atoms with E-state index in [1.165, 1.54) is 12.1 Å². The molecule has 0 radical (unpaired) electrons. The van der Waals surface area contributed by atoms with Crippen LogP contribution in [0, 0.1) is 11.8 Å². The fourth-order valence-electron chi connectivity index (χ4n) is 3.48. The fraction of sp³-hybridized carbons (Fsp3) is 0.231. The van der Waals surface area contributed by atoms with Crippen molar-refractivity contribution in [2.45, 2.75) is 37.2 Å². The fourth-order valence-corrected chi connectivity index (χ4v) is 3.48. The Kier molecular flexibility index (Phi) is 7.56. The van der Waals surface area contributed by atoms with E-state index in [1.54, 1.807) is 18.2 Å². The Labute approximate surface area is 206 Å². The smallest absolute Gasteiger partial charge is 0.364 e. The van der Waals surface area contributed by atoms with Gasteiger partial charge in [-0.1, -0.05) is 48.2 Å². The molecule has 0 aromatic heterocycles. The number of hydrogen-bond donors (Lipinski definition) is 1. The van der Waals surface area contributed by atoms with Crippen molar-refractivity contribution < 1.29 is 44.6 Å². The summed E-state index contributed by atoms with van der Waals surface area (Å²) in [6, 6.07) is 11.6. The van der Waals surface area contributed by atoms with Gasteiger partial charge in [0.2, 0.25) is 5.72 Å². The van der Waals surface area contributed by atoms with Crippen LogP contribution in [0.15, 0.2) is 78.9 Å². The van der Waals surface area contributed by atoms with E-state index in [-0.39, 0.29) is 17.4 Å². The quantitative estimate of drug-likeness (QED) is 0.213. The van der Waals surface area contributed by atoms with Crippen molar-refractivity contribution in [3.63, 3.8) is 0 Å². The zero-order valence-electron chi connectivity index (χ0n) is 18.9. The van der Waals surface area contributed by atoms with Crippen molar-refractivity contribution in [2.24, 2.45) is 0 Å². The van der Waals surface area contributed by atoms with Crippen LogP contribution < -0.4 is 4.90 Å². The van der Waals surface area contributed by atoms with Gasteiger partial charge in [0.15, 0.2) is 0 Å². The summed E-state index contributed by atoms with van der Waals surface area (Å²) in [7, 11) is 0. The van der Waals surface area contributed by atoms with Gasteiger partial charge >= 0.3 is 18.5 Å². The third kappa shape index (κ3) is 6.38. The Morgan fingerprint density at radius 3 is 1.78 bits per heavy atom. The highest BCUT2D eigenvalue weighted by Crippen LogP contribution is 2.43. The Morgan fingerprint density at radius 1 is 0.703 bits per heavy atom. The molecule has 0 aliphatic heterocycles. The number of alkyl halides is 9. The molecule has 3 rings (SSSR count). The molecule has 11 heteroatoms. The average molecular weight is 531 g/mol. The normalized spacial score (nSPS) is 14.8. The summed E-state index contributed by atoms with van der Waals surface area (Å²) in [5.41, 5.74) is -7.31. The zero-order chi connectivity index (χ0) is 27.6. The molecular formula is C26H18F9NO. The molecule has 2 nitrogen and oxygen atoms in total. The highest BCUT2D eigenvalue weighted by molar-refractivity contribution is 5.57. The van der Waals surface area contributed by atoms with E-state index in [4.69, 9.17) is 0 Å². The van der Waals surface area contributed by atoms with Crippen LogP contribution in [0.4, 0.5) is 45.2 Å². The van der Waals surface area contributed by atoms with E-state index in [0.717, 1.165) is 24.3 Å². The lowest BCUT2D eigenvalue weighted by molar-refractivity contribution is -0.253. The molecule has 2 atom stereocenters. The molecule has 1 N–H and O–H groups in total. The zero-order valence-corrected chi connectivity index (χ0v) is 18.9. The van der Waals surface area contributed by atoms with Crippen LogP contribution in [0.25, 0.3) is 0 Å². The SMILES string of the molecule is CC(O)(N(c1cccc(C(F)(F)F)c1)C(C#Cc1ccccc1)c1cccc(C(F)(F)F)c1)C(F)(F)F. The maximum absolute atomic E-state index is 14.1. The summed E-state index contributed by atoms with van der Waals surface area (Å²) in [5.74, 6) is 4.98. The molecule has 0 amide bonds. The van der Waals surface area contributed by atoms with E-state index < -0.39 is 52.7 Å². The molecule has 37 heavy (non-hydrogen) atoms. The number of halogens is 9. The van der Waals surface area contributed by atoms with E-state index in [2.05, 4.69) is 11.8 Å². The van der Waals surface area contributed by atoms with Gasteiger partial charge in [0.25, 0.3) is 0 Å². The Hall–Kier alpha value is -3.65. The number of benzene rings is 3. The predicted octanol–water partition coefficient (Wildman–Crippen LogP) is 7.59. The molecule has 0 saturated heterocycles. The second kappa shape index (κ2) is 10.0. The molecule has 2 unspecified atom stereocenters. The molecule has 3 aromatic rings. The second-order valence-corrected chi connectivity index (χ2v) is 8.10. The standard InChI is InChI=1S/C26H18F9NO/c1-23(37,26(33,34)35)36(21-12-6-11-20(16-21)25(30,31)32)22(14-13-17-7-3-2-4-8-17)18-9-5-10-19(15-18)24(27,28)29/h2-12,15-16,22,37H,1H3. The van der Waals surface area contributed by atoms with Gasteiger partial charge in [0.05, 0.1) is 11.1 Å². The summed E-state index contributed by atoms with van der Waals surface area (Å²) in [6.07, 6.45) is -15.3. The molecule has 0 bridgehead atoms. The Balaban J connectivity index is 2.34. The van der Waals surface area contributed by atoms with Gasteiger partial charge in [-0.15, -0.1) is 0 Å². The van der Waals surface area contributed by atoms with E-state index in [1.807, 2.05) is 0 Å². The first-order valence-electron chi connectivity index (χ1n) is 10.5. The third-order valence-corrected chi connectivity index (χ3v) is 5.37. The summed E-state index contributed by atoms with van der Waals surface area (Å²) in [5, 5.41) is 10.6. The van der Waals surface area contributed by atoms with Gasteiger partial charge in [0.1, 0.15) is 6.04 Å². The first kappa shape index (κ1) is 27.9. The average Bonchev–Trinajstić information content (AvgIpc) is 2.80. The van der Waals surface area contributed by atoms with Crippen molar-refractivity contribution >= 4 is 5.69 Å². The molecule has 0 aliphatic carbocycles. The summed E-state index contributed by atoms with van der Waals surface area (Å²) < 4.78 is 123. The van der Waals surface area contributed by atoms with Gasteiger partial charge < -0.3 is 10.0 Å². The lowest BCUT2D eigenvalue weighted by Gasteiger charge is -2.43. The lowest BCUT2D eigenvalue weighted by Crippen LogP contribution is -2.58. The lowest BCUT2D eigenvalue weighted by atomic mass is 9.97. The van der Waals surface area contributed by atoms with Crippen LogP contribution in [0.1, 0.15) is 35.2 Å². The molecule has 0 heterocycles. The molecule has 196 valence electrons. The summed E-state index contributed by atoms with van der Waals surface area (Å²) >= 11 is 0. The van der Waals surface area contributed by atoms with Crippen molar-refractivity contribution in [3.8, 4) is 11.8 Å². The second-order valence-electron chi connectivity index (χ2n) is 8.10. The maximum Gasteiger partial charge on any atom is 0.436 e. The minimum atomic E-state index is -5.45. The van der Waals surface area contributed by atoms with E-state index >= 15 is 0 Å². The molecule has 3 aromatic carbocycles. The van der Waals surface area contributed by atoms with Crippen molar-refractivity contribution in [2.75, 3.05) is 4.90 Å². The number of rotatable bonds is 4. The van der Waals surface area contributed by atoms with Gasteiger partial charge in [0, 0.05) is 11.3 Å². The van der Waals surface area contributed by atoms with Crippen LogP contribution >= 0.6 is 0 Å². The van der Waals surface area contributed by atoms with Gasteiger partial charge in [-0.3, -0.25) is 0 Å². The first-order chi connectivity index (χ1) is 17.0. The van der Waals surface area contributed by atoms with Crippen LogP contribution in [0.3, 0.4) is 0 Å². The van der Waals surface area contributed by atoms with Crippen molar-refractivity contribution in [3.05, 3.63) is 101 Å². The Bertz CT molecular complexity index is 1280.